The molecule has 3 aromatic rings. The van der Waals surface area contributed by atoms with Gasteiger partial charge in [0.15, 0.2) is 12.0 Å². The molecule has 0 saturated heterocycles. The molecule has 8 heteroatoms. The Morgan fingerprint density at radius 2 is 1.93 bits per heavy atom. The van der Waals surface area contributed by atoms with Gasteiger partial charge in [-0.15, -0.1) is 0 Å². The molecule has 0 aliphatic carbocycles. The lowest BCUT2D eigenvalue weighted by atomic mass is 10.2. The van der Waals surface area contributed by atoms with E-state index in [9.17, 15) is 18.0 Å². The summed E-state index contributed by atoms with van der Waals surface area (Å²) < 4.78 is 44.1. The van der Waals surface area contributed by atoms with E-state index < -0.39 is 12.8 Å². The number of allylic oxidation sites excluding steroid dienone is 3. The Morgan fingerprint density at radius 1 is 1.20 bits per heavy atom. The van der Waals surface area contributed by atoms with Gasteiger partial charge in [0.2, 0.25) is 5.88 Å². The number of ether oxygens (including phenoxy) is 1. The van der Waals surface area contributed by atoms with Gasteiger partial charge in [-0.25, -0.2) is 4.98 Å². The fourth-order valence-corrected chi connectivity index (χ4v) is 2.81. The first kappa shape index (κ1) is 20.9. The van der Waals surface area contributed by atoms with E-state index in [2.05, 4.69) is 23.5 Å². The molecule has 0 unspecified atom stereocenters. The van der Waals surface area contributed by atoms with E-state index in [0.717, 1.165) is 0 Å². The van der Waals surface area contributed by atoms with Gasteiger partial charge in [0.1, 0.15) is 5.82 Å². The minimum atomic E-state index is -4.51. The predicted octanol–water partition coefficient (Wildman–Crippen LogP) is 4.99. The molecule has 154 valence electrons. The van der Waals surface area contributed by atoms with E-state index in [4.69, 9.17) is 4.74 Å². The summed E-state index contributed by atoms with van der Waals surface area (Å²) >= 11 is 0. The lowest BCUT2D eigenvalue weighted by Gasteiger charge is -2.19. The van der Waals surface area contributed by atoms with Gasteiger partial charge in [-0.3, -0.25) is 9.36 Å². The van der Waals surface area contributed by atoms with Crippen LogP contribution in [0.15, 0.2) is 90.5 Å². The van der Waals surface area contributed by atoms with E-state index >= 15 is 0 Å². The van der Waals surface area contributed by atoms with E-state index in [-0.39, 0.29) is 16.7 Å². The molecule has 0 saturated carbocycles. The number of hydrogen-bond acceptors (Lipinski definition) is 4. The summed E-state index contributed by atoms with van der Waals surface area (Å²) in [4.78, 5) is 16.5. The minimum absolute atomic E-state index is 0.233. The fraction of sp³-hybridized carbons (Fsp3) is 0.0909. The van der Waals surface area contributed by atoms with Crippen molar-refractivity contribution in [2.24, 2.45) is 0 Å². The van der Waals surface area contributed by atoms with Crippen LogP contribution in [-0.4, -0.2) is 22.3 Å². The molecule has 1 aromatic carbocycles. The van der Waals surface area contributed by atoms with Gasteiger partial charge in [-0.05, 0) is 24.3 Å². The van der Waals surface area contributed by atoms with Gasteiger partial charge >= 0.3 is 6.18 Å². The van der Waals surface area contributed by atoms with Crippen LogP contribution in [0.4, 0.5) is 19.0 Å². The number of aromatic nitrogens is 2. The quantitative estimate of drug-likeness (QED) is 0.554. The fourth-order valence-electron chi connectivity index (χ4n) is 2.81. The normalized spacial score (nSPS) is 11.9. The minimum Gasteiger partial charge on any atom is -0.468 e. The summed E-state index contributed by atoms with van der Waals surface area (Å²) in [7, 11) is 0. The third-order valence-electron chi connectivity index (χ3n) is 4.06. The van der Waals surface area contributed by atoms with Crippen LogP contribution in [-0.2, 0) is 0 Å². The number of halogens is 3. The molecule has 0 fully saturated rings. The van der Waals surface area contributed by atoms with Crippen LogP contribution < -0.4 is 15.5 Å². The summed E-state index contributed by atoms with van der Waals surface area (Å²) in [6, 6.07) is 11.7. The van der Waals surface area contributed by atoms with Crippen molar-refractivity contribution in [2.45, 2.75) is 6.18 Å². The average molecular weight is 413 g/mol. The SMILES string of the molecule is C=C/C=C(\C=C)Nc1cc(=O)c2cnc(OCC(F)(F)F)cc2n1-c1ccccc1. The second-order valence-electron chi connectivity index (χ2n) is 6.20. The van der Waals surface area contributed by atoms with Crippen molar-refractivity contribution >= 4 is 16.7 Å². The van der Waals surface area contributed by atoms with Crippen molar-refractivity contribution in [3.05, 3.63) is 96.0 Å². The van der Waals surface area contributed by atoms with Gasteiger partial charge < -0.3 is 10.1 Å². The molecule has 0 amide bonds. The molecule has 5 nitrogen and oxygen atoms in total. The zero-order valence-electron chi connectivity index (χ0n) is 15.8. The van der Waals surface area contributed by atoms with Crippen molar-refractivity contribution in [3.63, 3.8) is 0 Å². The number of benzene rings is 1. The molecule has 1 N–H and O–H groups in total. The summed E-state index contributed by atoms with van der Waals surface area (Å²) in [6.07, 6.45) is 1.48. The number of nitrogens with one attached hydrogen (secondary N) is 1. The topological polar surface area (TPSA) is 56.1 Å². The molecule has 0 bridgehead atoms. The van der Waals surface area contributed by atoms with Gasteiger partial charge in [-0.1, -0.05) is 37.4 Å². The number of fused-ring (bicyclic) bond motifs is 1. The van der Waals surface area contributed by atoms with Crippen LogP contribution in [0.2, 0.25) is 0 Å². The third kappa shape index (κ3) is 4.78. The van der Waals surface area contributed by atoms with Crippen LogP contribution in [0.5, 0.6) is 5.88 Å². The van der Waals surface area contributed by atoms with Gasteiger partial charge in [-0.2, -0.15) is 13.2 Å². The van der Waals surface area contributed by atoms with Crippen LogP contribution in [0.25, 0.3) is 16.6 Å². The Bertz CT molecular complexity index is 1170. The van der Waals surface area contributed by atoms with Crippen LogP contribution >= 0.6 is 0 Å². The van der Waals surface area contributed by atoms with E-state index in [1.54, 1.807) is 47.1 Å². The Labute approximate surface area is 170 Å². The number of hydrogen-bond donors (Lipinski definition) is 1. The lowest BCUT2D eigenvalue weighted by molar-refractivity contribution is -0.154. The lowest BCUT2D eigenvalue weighted by Crippen LogP contribution is -2.20. The predicted molar refractivity (Wildman–Crippen MR) is 111 cm³/mol. The maximum absolute atomic E-state index is 12.7. The van der Waals surface area contributed by atoms with Gasteiger partial charge in [0, 0.05) is 29.7 Å². The van der Waals surface area contributed by atoms with Crippen molar-refractivity contribution < 1.29 is 17.9 Å². The van der Waals surface area contributed by atoms with E-state index in [1.807, 2.05) is 6.07 Å². The summed E-state index contributed by atoms with van der Waals surface area (Å²) in [5.74, 6) is 0.145. The number of rotatable bonds is 7. The number of anilines is 1. The number of para-hydroxylation sites is 1. The highest BCUT2D eigenvalue weighted by molar-refractivity contribution is 5.83. The van der Waals surface area contributed by atoms with Crippen LogP contribution in [0.1, 0.15) is 0 Å². The second kappa shape index (κ2) is 8.69. The maximum atomic E-state index is 12.7. The second-order valence-corrected chi connectivity index (χ2v) is 6.20. The van der Waals surface area contributed by atoms with Crippen molar-refractivity contribution in [1.29, 1.82) is 0 Å². The first-order chi connectivity index (χ1) is 14.3. The molecule has 30 heavy (non-hydrogen) atoms. The molecular weight excluding hydrogens is 395 g/mol. The Kier molecular flexibility index (Phi) is 6.06. The monoisotopic (exact) mass is 413 g/mol. The van der Waals surface area contributed by atoms with Gasteiger partial charge in [0.05, 0.1) is 10.9 Å². The molecule has 0 radical (unpaired) electrons. The molecule has 0 aliphatic rings. The summed E-state index contributed by atoms with van der Waals surface area (Å²) in [5.41, 5.74) is 1.25. The highest BCUT2D eigenvalue weighted by Gasteiger charge is 2.28. The highest BCUT2D eigenvalue weighted by Crippen LogP contribution is 2.26. The highest BCUT2D eigenvalue weighted by atomic mass is 19.4. The molecular formula is C22H18F3N3O2. The molecule has 0 spiro atoms. The van der Waals surface area contributed by atoms with Gasteiger partial charge in [0.25, 0.3) is 0 Å². The summed E-state index contributed by atoms with van der Waals surface area (Å²) in [5, 5.41) is 3.33. The molecule has 3 rings (SSSR count). The number of nitrogens with zero attached hydrogens (tertiary/aromatic N) is 2. The summed E-state index contributed by atoms with van der Waals surface area (Å²) in [6.45, 7) is 5.88. The molecule has 0 aliphatic heterocycles. The van der Waals surface area contributed by atoms with E-state index in [0.29, 0.717) is 22.7 Å². The van der Waals surface area contributed by atoms with Crippen LogP contribution in [0, 0.1) is 0 Å². The third-order valence-corrected chi connectivity index (χ3v) is 4.06. The maximum Gasteiger partial charge on any atom is 0.422 e. The average Bonchev–Trinajstić information content (AvgIpc) is 2.72. The van der Waals surface area contributed by atoms with Crippen LogP contribution in [0.3, 0.4) is 0 Å². The largest absolute Gasteiger partial charge is 0.468 e. The molecule has 2 heterocycles. The number of alkyl halides is 3. The van der Waals surface area contributed by atoms with Crippen molar-refractivity contribution in [1.82, 2.24) is 9.55 Å². The zero-order valence-corrected chi connectivity index (χ0v) is 15.8. The standard InChI is InChI=1S/C22H18F3N3O2/c1-3-8-15(4-2)27-20-12-19(29)17-13-26-21(30-14-22(23,24)25)11-18(17)28(20)16-9-6-5-7-10-16/h3-13,27H,1-2,14H2/b15-8+. The first-order valence-corrected chi connectivity index (χ1v) is 8.85. The Balaban J connectivity index is 2.24. The van der Waals surface area contributed by atoms with Crippen molar-refractivity contribution in [2.75, 3.05) is 11.9 Å². The first-order valence-electron chi connectivity index (χ1n) is 8.85. The zero-order chi connectivity index (χ0) is 21.7. The number of pyridine rings is 2. The molecule has 2 aromatic heterocycles. The Hall–Kier alpha value is -3.81. The smallest absolute Gasteiger partial charge is 0.422 e. The van der Waals surface area contributed by atoms with E-state index in [1.165, 1.54) is 18.3 Å². The molecule has 0 atom stereocenters. The van der Waals surface area contributed by atoms with Crippen molar-refractivity contribution in [3.8, 4) is 11.6 Å². The Morgan fingerprint density at radius 3 is 2.57 bits per heavy atom.